The Morgan fingerprint density at radius 3 is 2.40 bits per heavy atom. The van der Waals surface area contributed by atoms with Gasteiger partial charge in [-0.3, -0.25) is 0 Å². The van der Waals surface area contributed by atoms with Gasteiger partial charge in [0.05, 0.1) is 5.02 Å². The van der Waals surface area contributed by atoms with E-state index in [1.165, 1.54) is 51.0 Å². The Morgan fingerprint density at radius 1 is 1.08 bits per heavy atom. The number of ether oxygens (including phenoxy) is 1. The minimum absolute atomic E-state index is 0.240. The Balaban J connectivity index is 1.43. The van der Waals surface area contributed by atoms with E-state index in [-0.39, 0.29) is 10.8 Å². The highest BCUT2D eigenvalue weighted by Crippen LogP contribution is 2.43. The van der Waals surface area contributed by atoms with Crippen molar-refractivity contribution in [3.63, 3.8) is 0 Å². The molecule has 1 nitrogen and oxygen atoms in total. The van der Waals surface area contributed by atoms with Gasteiger partial charge in [0, 0.05) is 22.5 Å². The molecule has 140 valence electrons. The highest BCUT2D eigenvalue weighted by molar-refractivity contribution is 6.58. The molecule has 0 spiro atoms. The van der Waals surface area contributed by atoms with Crippen molar-refractivity contribution in [3.05, 3.63) is 34.6 Å². The Labute approximate surface area is 158 Å². The molecule has 1 saturated heterocycles. The van der Waals surface area contributed by atoms with Crippen molar-refractivity contribution in [2.24, 2.45) is 11.8 Å². The Morgan fingerprint density at radius 2 is 1.76 bits per heavy atom. The smallest absolute Gasteiger partial charge is 0.142 e. The molecule has 0 unspecified atom stereocenters. The normalized spacial score (nSPS) is 30.4. The van der Waals surface area contributed by atoms with Crippen LogP contribution in [0.3, 0.4) is 0 Å². The van der Waals surface area contributed by atoms with Gasteiger partial charge in [-0.2, -0.15) is 0 Å². The lowest BCUT2D eigenvalue weighted by Crippen LogP contribution is -2.28. The van der Waals surface area contributed by atoms with Crippen molar-refractivity contribution < 1.29 is 9.13 Å². The van der Waals surface area contributed by atoms with Gasteiger partial charge in [0.25, 0.3) is 0 Å². The van der Waals surface area contributed by atoms with E-state index in [0.717, 1.165) is 24.0 Å². The third kappa shape index (κ3) is 5.30. The van der Waals surface area contributed by atoms with Crippen LogP contribution < -0.4 is 0 Å². The van der Waals surface area contributed by atoms with Gasteiger partial charge >= 0.3 is 0 Å². The Kier molecular flexibility index (Phi) is 7.38. The topological polar surface area (TPSA) is 9.23 Å². The summed E-state index contributed by atoms with van der Waals surface area (Å²) in [7, 11) is 1.36. The van der Waals surface area contributed by atoms with Gasteiger partial charge in [0.1, 0.15) is 5.82 Å². The zero-order chi connectivity index (χ0) is 17.6. The lowest BCUT2D eigenvalue weighted by Gasteiger charge is -2.37. The summed E-state index contributed by atoms with van der Waals surface area (Å²) in [5, 5.41) is 0.240. The predicted molar refractivity (Wildman–Crippen MR) is 107 cm³/mol. The molecule has 2 fully saturated rings. The molecule has 0 N–H and O–H groups in total. The summed E-state index contributed by atoms with van der Waals surface area (Å²) in [5.74, 6) is 2.15. The van der Waals surface area contributed by atoms with Crippen LogP contribution in [0.15, 0.2) is 18.2 Å². The first kappa shape index (κ1) is 19.4. The maximum absolute atomic E-state index is 13.7. The zero-order valence-electron chi connectivity index (χ0n) is 15.5. The quantitative estimate of drug-likeness (QED) is 0.407. The highest BCUT2D eigenvalue weighted by atomic mass is 35.5. The van der Waals surface area contributed by atoms with E-state index in [0.29, 0.717) is 5.92 Å². The third-order valence-corrected chi connectivity index (χ3v) is 10.5. The molecule has 0 amide bonds. The molecule has 1 heterocycles. The summed E-state index contributed by atoms with van der Waals surface area (Å²) in [6, 6.07) is 9.98. The molecule has 0 radical (unpaired) electrons. The lowest BCUT2D eigenvalue weighted by molar-refractivity contribution is 0.198. The molecule has 4 heteroatoms. The van der Waals surface area contributed by atoms with Crippen LogP contribution in [0.4, 0.5) is 4.39 Å². The molecular weight excluding hydrogens is 351 g/mol. The number of methoxy groups -OCH3 is 1. The average Bonchev–Trinajstić information content (AvgIpc) is 2.65. The SMILES string of the molecule is COCCC[Si@H]1CC[C@H](C2CCC(c3ccc(Cl)c(F)c3)CC2)CC1. The van der Waals surface area contributed by atoms with Crippen molar-refractivity contribution in [1.29, 1.82) is 0 Å². The van der Waals surface area contributed by atoms with Crippen LogP contribution in [0.1, 0.15) is 56.4 Å². The van der Waals surface area contributed by atoms with Crippen molar-refractivity contribution >= 4 is 20.4 Å². The maximum Gasteiger partial charge on any atom is 0.142 e. The van der Waals surface area contributed by atoms with Crippen LogP contribution in [0.5, 0.6) is 0 Å². The second-order valence-electron chi connectivity index (χ2n) is 8.20. The van der Waals surface area contributed by atoms with Gasteiger partial charge < -0.3 is 4.74 Å². The Bertz CT molecular complexity index is 537. The fourth-order valence-electron chi connectivity index (χ4n) is 5.15. The number of benzene rings is 1. The first-order chi connectivity index (χ1) is 12.2. The monoisotopic (exact) mass is 382 g/mol. The van der Waals surface area contributed by atoms with Crippen LogP contribution in [-0.2, 0) is 4.74 Å². The third-order valence-electron chi connectivity index (χ3n) is 6.71. The maximum atomic E-state index is 13.7. The van der Waals surface area contributed by atoms with E-state index in [9.17, 15) is 4.39 Å². The number of halogens is 2. The van der Waals surface area contributed by atoms with E-state index >= 15 is 0 Å². The number of hydrogen-bond donors (Lipinski definition) is 0. The molecule has 1 saturated carbocycles. The summed E-state index contributed by atoms with van der Waals surface area (Å²) in [6.45, 7) is 0.947. The largest absolute Gasteiger partial charge is 0.385 e. The summed E-state index contributed by atoms with van der Waals surface area (Å²) in [4.78, 5) is 0. The van der Waals surface area contributed by atoms with Gasteiger partial charge in [0.15, 0.2) is 0 Å². The molecule has 3 rings (SSSR count). The summed E-state index contributed by atoms with van der Waals surface area (Å²) in [5.41, 5.74) is 1.15. The molecular formula is C21H32ClFOSi. The van der Waals surface area contributed by atoms with E-state index in [1.54, 1.807) is 24.2 Å². The van der Waals surface area contributed by atoms with Crippen molar-refractivity contribution in [2.75, 3.05) is 13.7 Å². The second-order valence-corrected chi connectivity index (χ2v) is 12.1. The lowest BCUT2D eigenvalue weighted by atomic mass is 9.72. The molecule has 25 heavy (non-hydrogen) atoms. The second kappa shape index (κ2) is 9.52. The summed E-state index contributed by atoms with van der Waals surface area (Å²) >= 11 is 5.82. The van der Waals surface area contributed by atoms with Gasteiger partial charge in [-0.25, -0.2) is 4.39 Å². The van der Waals surface area contributed by atoms with E-state index < -0.39 is 8.80 Å². The molecule has 0 aromatic heterocycles. The van der Waals surface area contributed by atoms with Crippen LogP contribution in [0.25, 0.3) is 0 Å². The molecule has 1 aromatic rings. The Hall–Kier alpha value is -0.383. The highest BCUT2D eigenvalue weighted by Gasteiger charge is 2.31. The van der Waals surface area contributed by atoms with Crippen molar-refractivity contribution in [3.8, 4) is 0 Å². The molecule has 2 aliphatic rings. The first-order valence-electron chi connectivity index (χ1n) is 10.1. The van der Waals surface area contributed by atoms with Gasteiger partial charge in [0.2, 0.25) is 0 Å². The number of rotatable bonds is 6. The standard InChI is InChI=1S/C21H32ClFOSi/c1-24-11-2-12-25-13-9-18(10-14-25)16-3-5-17(6-4-16)19-7-8-20(22)21(23)15-19/h7-8,15-18,25H,2-6,9-14H2,1H3/t16?,17?,18-,25-. The molecule has 1 aliphatic heterocycles. The van der Waals surface area contributed by atoms with E-state index in [1.807, 2.05) is 13.2 Å². The summed E-state index contributed by atoms with van der Waals surface area (Å²) < 4.78 is 18.9. The molecule has 1 aliphatic carbocycles. The average molecular weight is 383 g/mol. The fourth-order valence-corrected chi connectivity index (χ4v) is 8.68. The van der Waals surface area contributed by atoms with Gasteiger partial charge in [-0.1, -0.05) is 48.6 Å². The molecule has 0 bridgehead atoms. The van der Waals surface area contributed by atoms with Gasteiger partial charge in [-0.15, -0.1) is 0 Å². The predicted octanol–water partition coefficient (Wildman–Crippen LogP) is 6.43. The minimum Gasteiger partial charge on any atom is -0.385 e. The molecule has 1 aromatic carbocycles. The minimum atomic E-state index is -0.457. The van der Waals surface area contributed by atoms with Crippen LogP contribution >= 0.6 is 11.6 Å². The zero-order valence-corrected chi connectivity index (χ0v) is 17.4. The summed E-state index contributed by atoms with van der Waals surface area (Å²) in [6.07, 6.45) is 9.34. The van der Waals surface area contributed by atoms with Gasteiger partial charge in [-0.05, 0) is 67.6 Å². The van der Waals surface area contributed by atoms with Crippen LogP contribution in [-0.4, -0.2) is 22.5 Å². The first-order valence-corrected chi connectivity index (χ1v) is 12.9. The molecule has 0 atom stereocenters. The van der Waals surface area contributed by atoms with E-state index in [2.05, 4.69) is 0 Å². The number of hydrogen-bond acceptors (Lipinski definition) is 1. The van der Waals surface area contributed by atoms with Crippen LogP contribution in [0.2, 0.25) is 23.2 Å². The van der Waals surface area contributed by atoms with Crippen molar-refractivity contribution in [2.45, 2.75) is 69.0 Å². The van der Waals surface area contributed by atoms with E-state index in [4.69, 9.17) is 16.3 Å². The van der Waals surface area contributed by atoms with Crippen molar-refractivity contribution in [1.82, 2.24) is 0 Å². The fraction of sp³-hybridized carbons (Fsp3) is 0.714. The van der Waals surface area contributed by atoms with Crippen LogP contribution in [0, 0.1) is 17.7 Å².